The van der Waals surface area contributed by atoms with Gasteiger partial charge in [0.25, 0.3) is 0 Å². The van der Waals surface area contributed by atoms with Gasteiger partial charge in [-0.1, -0.05) is 7.43 Å². The van der Waals surface area contributed by atoms with Crippen LogP contribution in [0, 0.1) is 0 Å². The number of carboxylic acids is 2. The minimum absolute atomic E-state index is 0. The summed E-state index contributed by atoms with van der Waals surface area (Å²) in [5.41, 5.74) is 0. The van der Waals surface area contributed by atoms with E-state index in [4.69, 9.17) is 33.2 Å². The van der Waals surface area contributed by atoms with Crippen LogP contribution in [0.15, 0.2) is 0 Å². The normalized spacial score (nSPS) is 45.4. The largest absolute Gasteiger partial charge is 0.479 e. The summed E-state index contributed by atoms with van der Waals surface area (Å²) >= 11 is 0. The third-order valence-electron chi connectivity index (χ3n) is 8.94. The molecule has 4 rings (SSSR count). The molecule has 14 N–H and O–H groups in total. The first kappa shape index (κ1) is 45.6. The Morgan fingerprint density at radius 1 is 0.519 bits per heavy atom. The Balaban J connectivity index is 0.00000784. The van der Waals surface area contributed by atoms with Crippen LogP contribution in [0.1, 0.15) is 21.3 Å². The lowest BCUT2D eigenvalue weighted by molar-refractivity contribution is -0.371. The zero-order valence-electron chi connectivity index (χ0n) is 27.8. The Hall–Kier alpha value is -2.80. The Labute approximate surface area is 305 Å². The van der Waals surface area contributed by atoms with Crippen molar-refractivity contribution in [3.05, 3.63) is 0 Å². The Morgan fingerprint density at radius 3 is 1.43 bits per heavy atom. The molecule has 25 heteroatoms. The van der Waals surface area contributed by atoms with E-state index >= 15 is 0 Å². The lowest BCUT2D eigenvalue weighted by Gasteiger charge is -2.49. The van der Waals surface area contributed by atoms with Crippen molar-refractivity contribution in [2.75, 3.05) is 13.2 Å². The lowest BCUT2D eigenvalue weighted by atomic mass is 9.94. The Kier molecular flexibility index (Phi) is 15.9. The van der Waals surface area contributed by atoms with Gasteiger partial charge in [-0.15, -0.1) is 0 Å². The first-order valence-corrected chi connectivity index (χ1v) is 16.1. The van der Waals surface area contributed by atoms with Gasteiger partial charge in [0, 0.05) is 13.8 Å². The van der Waals surface area contributed by atoms with Gasteiger partial charge in [0.15, 0.2) is 37.4 Å². The minimum atomic E-state index is -2.27. The predicted molar refractivity (Wildman–Crippen MR) is 165 cm³/mol. The molecule has 4 fully saturated rings. The SMILES string of the molecule is C.CC(=O)NC1[C@H](O[C@@H]2C(C(=O)O)O[C@@H](O[C@H]3C(CO)O[C@@H](O)C(NC(C)=O)[C@@H]3O)C(O)[C@@H]2O)OC(CO)[C@H](O[C@@H]2OC(C(=O)O)[C@@H](O)[C@@H](O)C2O)[C@H]1O. The van der Waals surface area contributed by atoms with Crippen LogP contribution in [0.5, 0.6) is 0 Å². The molecule has 0 aromatic rings. The zero-order valence-corrected chi connectivity index (χ0v) is 27.8. The van der Waals surface area contributed by atoms with Crippen LogP contribution in [0.4, 0.5) is 0 Å². The molecule has 0 bridgehead atoms. The number of aliphatic hydroxyl groups excluding tert-OH is 10. The van der Waals surface area contributed by atoms with E-state index in [1.807, 2.05) is 0 Å². The molecule has 4 heterocycles. The number of aliphatic hydroxyl groups is 10. The third-order valence-corrected chi connectivity index (χ3v) is 8.94. The third kappa shape index (κ3) is 9.59. The van der Waals surface area contributed by atoms with Crippen LogP contribution in [-0.4, -0.2) is 221 Å². The fourth-order valence-corrected chi connectivity index (χ4v) is 6.31. The second-order valence-electron chi connectivity index (χ2n) is 12.7. The van der Waals surface area contributed by atoms with Gasteiger partial charge in [-0.3, -0.25) is 9.59 Å². The van der Waals surface area contributed by atoms with Crippen molar-refractivity contribution in [1.82, 2.24) is 10.6 Å². The molecular formula is C29H48N2O23. The summed E-state index contributed by atoms with van der Waals surface area (Å²) in [5.74, 6) is -5.18. The van der Waals surface area contributed by atoms with Gasteiger partial charge in [-0.2, -0.15) is 0 Å². The second-order valence-corrected chi connectivity index (χ2v) is 12.7. The quantitative estimate of drug-likeness (QED) is 0.0872. The first-order chi connectivity index (χ1) is 24.8. The average Bonchev–Trinajstić information content (AvgIpc) is 3.08. The number of hydrogen-bond donors (Lipinski definition) is 14. The van der Waals surface area contributed by atoms with Gasteiger partial charge in [0.1, 0.15) is 85.3 Å². The summed E-state index contributed by atoms with van der Waals surface area (Å²) in [7, 11) is 0. The van der Waals surface area contributed by atoms with Crippen molar-refractivity contribution in [3.63, 3.8) is 0 Å². The standard InChI is InChI=1S/C28H44N2O23.CH4/c1-5(33)29-9-11(35)18(7(3-31)47-25(9)46)49-28-17(41)15(39)20(22(53-28)24(44)45)51-26-10(30-6(2)34)12(36)19(8(4-32)48-26)50-27-16(40)13(37)14(38)21(52-27)23(42)43;/h7-22,25-28,31-32,35-41,46H,3-4H2,1-2H3,(H,29,33)(H,30,34)(H,42,43)(H,44,45);1H4/t7?,8?,9?,10?,11-,12-,13+,14-,15-,16?,17?,18-,19-,20-,21?,22?,25+,26-,27+,28+;/m0./s1. The van der Waals surface area contributed by atoms with E-state index in [1.165, 1.54) is 0 Å². The molecule has 0 aromatic heterocycles. The van der Waals surface area contributed by atoms with E-state index in [-0.39, 0.29) is 7.43 Å². The maximum absolute atomic E-state index is 12.4. The van der Waals surface area contributed by atoms with Gasteiger partial charge in [0.05, 0.1) is 13.2 Å². The molecule has 0 aromatic carbocycles. The molecule has 0 saturated carbocycles. The number of carboxylic acid groups (broad SMARTS) is 2. The van der Waals surface area contributed by atoms with Crippen molar-refractivity contribution in [3.8, 4) is 0 Å². The number of amides is 2. The van der Waals surface area contributed by atoms with Crippen LogP contribution in [0.2, 0.25) is 0 Å². The number of carbonyl (C=O) groups is 4. The van der Waals surface area contributed by atoms with Crippen molar-refractivity contribution in [2.24, 2.45) is 0 Å². The molecule has 0 spiro atoms. The number of nitrogens with one attached hydrogen (secondary N) is 2. The van der Waals surface area contributed by atoms with Crippen LogP contribution in [0.25, 0.3) is 0 Å². The number of aliphatic carboxylic acids is 2. The summed E-state index contributed by atoms with van der Waals surface area (Å²) in [6.45, 7) is 0.0908. The van der Waals surface area contributed by atoms with Crippen molar-refractivity contribution >= 4 is 23.8 Å². The molecule has 4 aliphatic heterocycles. The Bertz CT molecular complexity index is 1300. The summed E-state index contributed by atoms with van der Waals surface area (Å²) in [5, 5.41) is 129. The van der Waals surface area contributed by atoms with Crippen LogP contribution in [-0.2, 0) is 52.3 Å². The second kappa shape index (κ2) is 18.9. The van der Waals surface area contributed by atoms with Crippen LogP contribution < -0.4 is 10.6 Å². The monoisotopic (exact) mass is 792 g/mol. The molecule has 0 radical (unpaired) electrons. The summed E-state index contributed by atoms with van der Waals surface area (Å²) in [6, 6.07) is -3.31. The number of carbonyl (C=O) groups excluding carboxylic acids is 2. The highest BCUT2D eigenvalue weighted by molar-refractivity contribution is 5.74. The summed E-state index contributed by atoms with van der Waals surface area (Å²) < 4.78 is 38.0. The first-order valence-electron chi connectivity index (χ1n) is 16.1. The summed E-state index contributed by atoms with van der Waals surface area (Å²) in [6.07, 6.45) is -36.1. The van der Waals surface area contributed by atoms with Crippen LogP contribution in [0.3, 0.4) is 0 Å². The minimum Gasteiger partial charge on any atom is -0.479 e. The Morgan fingerprint density at radius 2 is 0.944 bits per heavy atom. The van der Waals surface area contributed by atoms with Gasteiger partial charge in [-0.25, -0.2) is 9.59 Å². The van der Waals surface area contributed by atoms with Gasteiger partial charge >= 0.3 is 11.9 Å². The molecule has 2 amide bonds. The van der Waals surface area contributed by atoms with Crippen molar-refractivity contribution in [1.29, 1.82) is 0 Å². The number of ether oxygens (including phenoxy) is 7. The average molecular weight is 793 g/mol. The molecule has 20 atom stereocenters. The van der Waals surface area contributed by atoms with Gasteiger partial charge in [-0.05, 0) is 0 Å². The van der Waals surface area contributed by atoms with Gasteiger partial charge < -0.3 is 105 Å². The van der Waals surface area contributed by atoms with E-state index in [0.29, 0.717) is 0 Å². The molecular weight excluding hydrogens is 744 g/mol. The molecule has 4 aliphatic rings. The maximum Gasteiger partial charge on any atom is 0.335 e. The fourth-order valence-electron chi connectivity index (χ4n) is 6.31. The van der Waals surface area contributed by atoms with Gasteiger partial charge in [0.2, 0.25) is 11.8 Å². The highest BCUT2D eigenvalue weighted by atomic mass is 16.8. The molecule has 25 nitrogen and oxygen atoms in total. The van der Waals surface area contributed by atoms with E-state index in [2.05, 4.69) is 10.6 Å². The summed E-state index contributed by atoms with van der Waals surface area (Å²) in [4.78, 5) is 47.7. The molecule has 312 valence electrons. The van der Waals surface area contributed by atoms with E-state index in [9.17, 15) is 80.5 Å². The molecule has 0 aliphatic carbocycles. The predicted octanol–water partition coefficient (Wildman–Crippen LogP) is -8.64. The molecule has 54 heavy (non-hydrogen) atoms. The smallest absolute Gasteiger partial charge is 0.335 e. The highest BCUT2D eigenvalue weighted by Gasteiger charge is 2.57. The van der Waals surface area contributed by atoms with Crippen LogP contribution >= 0.6 is 0 Å². The topological polar surface area (TPSA) is 400 Å². The number of hydrogen-bond acceptors (Lipinski definition) is 21. The van der Waals surface area contributed by atoms with Crippen molar-refractivity contribution in [2.45, 2.75) is 144 Å². The zero-order chi connectivity index (χ0) is 39.6. The number of rotatable bonds is 12. The molecule has 4 saturated heterocycles. The van der Waals surface area contributed by atoms with E-state index < -0.39 is 160 Å². The molecule has 8 unspecified atom stereocenters. The van der Waals surface area contributed by atoms with E-state index in [0.717, 1.165) is 13.8 Å². The highest BCUT2D eigenvalue weighted by Crippen LogP contribution is 2.34. The van der Waals surface area contributed by atoms with Crippen molar-refractivity contribution < 1.29 is 114 Å². The lowest BCUT2D eigenvalue weighted by Crippen LogP contribution is -2.70. The van der Waals surface area contributed by atoms with E-state index in [1.54, 1.807) is 0 Å². The maximum atomic E-state index is 12.4. The fraction of sp³-hybridized carbons (Fsp3) is 0.862.